The Kier molecular flexibility index (Phi) is 4.16. The van der Waals surface area contributed by atoms with Crippen molar-refractivity contribution in [3.05, 3.63) is 11.1 Å². The van der Waals surface area contributed by atoms with E-state index < -0.39 is 0 Å². The third-order valence-electron chi connectivity index (χ3n) is 3.28. The molecule has 0 atom stereocenters. The number of ether oxygens (including phenoxy) is 1. The molecule has 0 aliphatic carbocycles. The molecule has 7 heteroatoms. The van der Waals surface area contributed by atoms with Crippen LogP contribution in [0.2, 0.25) is 0 Å². The summed E-state index contributed by atoms with van der Waals surface area (Å²) in [7, 11) is 3.68. The third-order valence-corrected chi connectivity index (χ3v) is 3.60. The molecule has 0 amide bonds. The van der Waals surface area contributed by atoms with E-state index in [9.17, 15) is 0 Å². The van der Waals surface area contributed by atoms with E-state index in [-0.39, 0.29) is 0 Å². The number of fused-ring (bicyclic) bond motifs is 1. The predicted molar refractivity (Wildman–Crippen MR) is 77.0 cm³/mol. The first-order valence-corrected chi connectivity index (χ1v) is 6.63. The summed E-state index contributed by atoms with van der Waals surface area (Å²) in [6.45, 7) is 6.03. The van der Waals surface area contributed by atoms with Crippen LogP contribution in [0.25, 0.3) is 11.2 Å². The lowest BCUT2D eigenvalue weighted by molar-refractivity contribution is 0.263. The van der Waals surface area contributed by atoms with Crippen LogP contribution in [0.4, 0.5) is 0 Å². The van der Waals surface area contributed by atoms with Gasteiger partial charge in [-0.2, -0.15) is 4.98 Å². The molecule has 0 aliphatic heterocycles. The molecular formula is C12H19N5OS. The normalized spacial score (nSPS) is 11.7. The van der Waals surface area contributed by atoms with Crippen molar-refractivity contribution < 1.29 is 4.74 Å². The molecule has 2 aromatic rings. The Morgan fingerprint density at radius 1 is 1.47 bits per heavy atom. The Bertz CT molecular complexity index is 618. The van der Waals surface area contributed by atoms with Gasteiger partial charge in [-0.1, -0.05) is 0 Å². The fourth-order valence-corrected chi connectivity index (χ4v) is 2.10. The van der Waals surface area contributed by atoms with Crippen molar-refractivity contribution in [2.45, 2.75) is 26.4 Å². The quantitative estimate of drug-likeness (QED) is 0.847. The van der Waals surface area contributed by atoms with E-state index in [1.807, 2.05) is 4.57 Å². The van der Waals surface area contributed by atoms with Gasteiger partial charge >= 0.3 is 0 Å². The standard InChI is InChI=1S/C12H19N5OS/c1-8(2)16(3)5-6-17-10-9(15-12(17)19)11(18-4)14-7-13-10/h7-8H,5-6H2,1-4H3,(H,15,19). The molecule has 0 aliphatic rings. The highest BCUT2D eigenvalue weighted by Crippen LogP contribution is 2.19. The molecular weight excluding hydrogens is 262 g/mol. The molecule has 6 nitrogen and oxygen atoms in total. The van der Waals surface area contributed by atoms with Crippen molar-refractivity contribution in [3.63, 3.8) is 0 Å². The number of likely N-dealkylation sites (N-methyl/N-ethyl adjacent to an activating group) is 1. The van der Waals surface area contributed by atoms with E-state index in [1.165, 1.54) is 6.33 Å². The van der Waals surface area contributed by atoms with Gasteiger partial charge in [0.1, 0.15) is 11.8 Å². The third kappa shape index (κ3) is 2.76. The van der Waals surface area contributed by atoms with Crippen molar-refractivity contribution in [2.24, 2.45) is 0 Å². The first-order chi connectivity index (χ1) is 9.04. The number of nitrogens with one attached hydrogen (secondary N) is 1. The Hall–Kier alpha value is -1.47. The molecule has 0 bridgehead atoms. The summed E-state index contributed by atoms with van der Waals surface area (Å²) in [4.78, 5) is 13.7. The van der Waals surface area contributed by atoms with Crippen molar-refractivity contribution in [1.29, 1.82) is 0 Å². The van der Waals surface area contributed by atoms with E-state index in [4.69, 9.17) is 17.0 Å². The van der Waals surface area contributed by atoms with E-state index in [1.54, 1.807) is 7.11 Å². The molecule has 0 spiro atoms. The van der Waals surface area contributed by atoms with Crippen LogP contribution in [-0.4, -0.2) is 51.2 Å². The minimum absolute atomic E-state index is 0.503. The number of hydrogen-bond donors (Lipinski definition) is 1. The number of imidazole rings is 1. The van der Waals surface area contributed by atoms with Crippen LogP contribution in [0, 0.1) is 4.77 Å². The number of H-pyrrole nitrogens is 1. The molecule has 0 saturated heterocycles. The lowest BCUT2D eigenvalue weighted by atomic mass is 10.3. The van der Waals surface area contributed by atoms with Crippen LogP contribution in [0.1, 0.15) is 13.8 Å². The Balaban J connectivity index is 2.33. The smallest absolute Gasteiger partial charge is 0.242 e. The average Bonchev–Trinajstić information content (AvgIpc) is 2.71. The summed E-state index contributed by atoms with van der Waals surface area (Å²) in [6.07, 6.45) is 1.49. The summed E-state index contributed by atoms with van der Waals surface area (Å²) in [5.74, 6) is 0.520. The second-order valence-electron chi connectivity index (χ2n) is 4.74. The van der Waals surface area contributed by atoms with E-state index in [0.717, 1.165) is 24.3 Å². The number of rotatable bonds is 5. The van der Waals surface area contributed by atoms with E-state index in [0.29, 0.717) is 16.7 Å². The van der Waals surface area contributed by atoms with Crippen molar-refractivity contribution in [2.75, 3.05) is 20.7 Å². The number of hydrogen-bond acceptors (Lipinski definition) is 5. The molecule has 0 fully saturated rings. The van der Waals surface area contributed by atoms with Gasteiger partial charge < -0.3 is 19.2 Å². The fourth-order valence-electron chi connectivity index (χ4n) is 1.82. The molecule has 0 radical (unpaired) electrons. The topological polar surface area (TPSA) is 59.0 Å². The van der Waals surface area contributed by atoms with Gasteiger partial charge in [0.25, 0.3) is 0 Å². The molecule has 2 rings (SSSR count). The van der Waals surface area contributed by atoms with Gasteiger partial charge in [-0.05, 0) is 33.1 Å². The summed E-state index contributed by atoms with van der Waals surface area (Å²) in [6, 6.07) is 0.503. The van der Waals surface area contributed by atoms with Gasteiger partial charge in [0.2, 0.25) is 5.88 Å². The molecule has 0 saturated carbocycles. The van der Waals surface area contributed by atoms with Crippen LogP contribution in [0.15, 0.2) is 6.33 Å². The van der Waals surface area contributed by atoms with Crippen LogP contribution in [0.5, 0.6) is 5.88 Å². The maximum atomic E-state index is 5.34. The zero-order valence-electron chi connectivity index (χ0n) is 11.7. The van der Waals surface area contributed by atoms with Crippen molar-refractivity contribution in [1.82, 2.24) is 24.4 Å². The second-order valence-corrected chi connectivity index (χ2v) is 5.12. The van der Waals surface area contributed by atoms with Crippen LogP contribution >= 0.6 is 12.2 Å². The SMILES string of the molecule is COc1ncnc2c1[nH]c(=S)n2CCN(C)C(C)C. The largest absolute Gasteiger partial charge is 0.479 e. The van der Waals surface area contributed by atoms with Gasteiger partial charge in [-0.25, -0.2) is 4.98 Å². The number of aromatic nitrogens is 4. The monoisotopic (exact) mass is 281 g/mol. The average molecular weight is 281 g/mol. The molecule has 1 N–H and O–H groups in total. The highest BCUT2D eigenvalue weighted by Gasteiger charge is 2.12. The lowest BCUT2D eigenvalue weighted by Gasteiger charge is -2.20. The Morgan fingerprint density at radius 3 is 2.84 bits per heavy atom. The number of nitrogens with zero attached hydrogens (tertiary/aromatic N) is 4. The highest BCUT2D eigenvalue weighted by molar-refractivity contribution is 7.71. The zero-order chi connectivity index (χ0) is 14.0. The molecule has 19 heavy (non-hydrogen) atoms. The van der Waals surface area contributed by atoms with Gasteiger partial charge in [0, 0.05) is 19.1 Å². The predicted octanol–water partition coefficient (Wildman–Crippen LogP) is 1.84. The number of methoxy groups -OCH3 is 1. The lowest BCUT2D eigenvalue weighted by Crippen LogP contribution is -2.29. The van der Waals surface area contributed by atoms with Crippen molar-refractivity contribution in [3.8, 4) is 5.88 Å². The first kappa shape index (κ1) is 14.0. The van der Waals surface area contributed by atoms with E-state index >= 15 is 0 Å². The molecule has 2 aromatic heterocycles. The summed E-state index contributed by atoms with van der Waals surface area (Å²) < 4.78 is 7.83. The van der Waals surface area contributed by atoms with Crippen LogP contribution in [-0.2, 0) is 6.54 Å². The van der Waals surface area contributed by atoms with Gasteiger partial charge in [-0.15, -0.1) is 0 Å². The summed E-state index contributed by atoms with van der Waals surface area (Å²) in [5.41, 5.74) is 1.54. The molecule has 104 valence electrons. The maximum absolute atomic E-state index is 5.34. The minimum atomic E-state index is 0.503. The van der Waals surface area contributed by atoms with Crippen molar-refractivity contribution >= 4 is 23.4 Å². The number of aromatic amines is 1. The minimum Gasteiger partial charge on any atom is -0.479 e. The summed E-state index contributed by atoms with van der Waals surface area (Å²) >= 11 is 5.34. The Labute approximate surface area is 117 Å². The van der Waals surface area contributed by atoms with Gasteiger partial charge in [0.05, 0.1) is 7.11 Å². The highest BCUT2D eigenvalue weighted by atomic mass is 32.1. The second kappa shape index (κ2) is 5.66. The maximum Gasteiger partial charge on any atom is 0.242 e. The Morgan fingerprint density at radius 2 is 2.21 bits per heavy atom. The van der Waals surface area contributed by atoms with E-state index in [2.05, 4.69) is 40.7 Å². The molecule has 0 aromatic carbocycles. The molecule has 0 unspecified atom stereocenters. The van der Waals surface area contributed by atoms with Crippen LogP contribution in [0.3, 0.4) is 0 Å². The fraction of sp³-hybridized carbons (Fsp3) is 0.583. The zero-order valence-corrected chi connectivity index (χ0v) is 12.5. The van der Waals surface area contributed by atoms with Gasteiger partial charge in [-0.3, -0.25) is 0 Å². The molecule has 2 heterocycles. The first-order valence-electron chi connectivity index (χ1n) is 6.22. The summed E-state index contributed by atoms with van der Waals surface area (Å²) in [5, 5.41) is 0. The van der Waals surface area contributed by atoms with Gasteiger partial charge in [0.15, 0.2) is 10.4 Å². The van der Waals surface area contributed by atoms with Crippen LogP contribution < -0.4 is 4.74 Å².